The first kappa shape index (κ1) is 11.5. The van der Waals surface area contributed by atoms with Gasteiger partial charge in [-0.05, 0) is 43.3 Å². The molecule has 1 aromatic rings. The first-order valence-corrected chi connectivity index (χ1v) is 4.54. The number of rotatable bonds is 4. The van der Waals surface area contributed by atoms with E-state index in [4.69, 9.17) is 4.74 Å². The highest BCUT2D eigenvalue weighted by Crippen LogP contribution is 2.19. The predicted molar refractivity (Wildman–Crippen MR) is 57.3 cm³/mol. The monoisotopic (exact) mass is 207 g/mol. The summed E-state index contributed by atoms with van der Waals surface area (Å²) in [4.78, 5) is 22.0. The molecule has 15 heavy (non-hydrogen) atoms. The molecule has 0 aliphatic rings. The SMILES string of the molecule is COC(C)(C)C(=O)c1ccc(N=O)cc1. The molecule has 0 spiro atoms. The molecule has 0 saturated heterocycles. The fraction of sp³-hybridized carbons (Fsp3) is 0.364. The van der Waals surface area contributed by atoms with Gasteiger partial charge in [-0.25, -0.2) is 0 Å². The van der Waals surface area contributed by atoms with Gasteiger partial charge in [0.05, 0.1) is 0 Å². The molecule has 4 nitrogen and oxygen atoms in total. The highest BCUT2D eigenvalue weighted by molar-refractivity contribution is 6.02. The van der Waals surface area contributed by atoms with Gasteiger partial charge in [-0.2, -0.15) is 0 Å². The smallest absolute Gasteiger partial charge is 0.194 e. The summed E-state index contributed by atoms with van der Waals surface area (Å²) in [5.74, 6) is -0.123. The fourth-order valence-corrected chi connectivity index (χ4v) is 1.11. The number of carbonyl (C=O) groups is 1. The number of carbonyl (C=O) groups excluding carboxylic acids is 1. The van der Waals surface area contributed by atoms with Crippen molar-refractivity contribution < 1.29 is 9.53 Å². The van der Waals surface area contributed by atoms with Gasteiger partial charge in [0.2, 0.25) is 0 Å². The summed E-state index contributed by atoms with van der Waals surface area (Å²) in [6.45, 7) is 3.39. The molecule has 0 aliphatic heterocycles. The summed E-state index contributed by atoms with van der Waals surface area (Å²) in [5.41, 5.74) is -0.0353. The van der Waals surface area contributed by atoms with Crippen LogP contribution in [0.15, 0.2) is 29.4 Å². The maximum atomic E-state index is 11.9. The van der Waals surface area contributed by atoms with Gasteiger partial charge >= 0.3 is 0 Å². The molecule has 0 N–H and O–H groups in total. The van der Waals surface area contributed by atoms with Gasteiger partial charge < -0.3 is 4.74 Å². The van der Waals surface area contributed by atoms with Crippen LogP contribution in [0.2, 0.25) is 0 Å². The molecular weight excluding hydrogens is 194 g/mol. The Hall–Kier alpha value is -1.55. The van der Waals surface area contributed by atoms with Gasteiger partial charge in [-0.1, -0.05) is 0 Å². The molecule has 1 aromatic carbocycles. The average molecular weight is 207 g/mol. The molecule has 0 aliphatic carbocycles. The van der Waals surface area contributed by atoms with Crippen molar-refractivity contribution in [3.63, 3.8) is 0 Å². The van der Waals surface area contributed by atoms with Crippen LogP contribution >= 0.6 is 0 Å². The predicted octanol–water partition coefficient (Wildman–Crippen LogP) is 2.69. The van der Waals surface area contributed by atoms with E-state index in [-0.39, 0.29) is 5.78 Å². The van der Waals surface area contributed by atoms with Gasteiger partial charge in [0.15, 0.2) is 5.78 Å². The normalized spacial score (nSPS) is 11.1. The van der Waals surface area contributed by atoms with Crippen molar-refractivity contribution >= 4 is 11.5 Å². The quantitative estimate of drug-likeness (QED) is 0.563. The minimum absolute atomic E-state index is 0.123. The number of hydrogen-bond acceptors (Lipinski definition) is 4. The van der Waals surface area contributed by atoms with E-state index in [0.29, 0.717) is 11.3 Å². The van der Waals surface area contributed by atoms with E-state index in [1.165, 1.54) is 19.2 Å². The van der Waals surface area contributed by atoms with Gasteiger partial charge in [0, 0.05) is 12.7 Å². The Balaban J connectivity index is 2.97. The lowest BCUT2D eigenvalue weighted by Crippen LogP contribution is -2.33. The van der Waals surface area contributed by atoms with E-state index >= 15 is 0 Å². The first-order valence-electron chi connectivity index (χ1n) is 4.54. The maximum Gasteiger partial charge on any atom is 0.194 e. The number of Topliss-reactive ketones (excluding diaryl/α,β-unsaturated/α-hetero) is 1. The third-order valence-corrected chi connectivity index (χ3v) is 2.29. The van der Waals surface area contributed by atoms with Crippen molar-refractivity contribution in [2.45, 2.75) is 19.4 Å². The third-order valence-electron chi connectivity index (χ3n) is 2.29. The minimum atomic E-state index is -0.851. The molecule has 0 aromatic heterocycles. The molecule has 0 atom stereocenters. The van der Waals surface area contributed by atoms with E-state index in [9.17, 15) is 9.70 Å². The summed E-state index contributed by atoms with van der Waals surface area (Å²) in [5, 5.41) is 2.76. The molecular formula is C11H13NO3. The van der Waals surface area contributed by atoms with E-state index in [1.54, 1.807) is 26.0 Å². The highest BCUT2D eigenvalue weighted by Gasteiger charge is 2.27. The lowest BCUT2D eigenvalue weighted by molar-refractivity contribution is 0.0228. The van der Waals surface area contributed by atoms with Crippen molar-refractivity contribution in [2.24, 2.45) is 5.18 Å². The Bertz CT molecular complexity index is 368. The summed E-state index contributed by atoms with van der Waals surface area (Å²) < 4.78 is 5.08. The molecule has 0 bridgehead atoms. The van der Waals surface area contributed by atoms with E-state index in [0.717, 1.165) is 0 Å². The van der Waals surface area contributed by atoms with Crippen LogP contribution in [0.4, 0.5) is 5.69 Å². The lowest BCUT2D eigenvalue weighted by atomic mass is 9.96. The number of methoxy groups -OCH3 is 1. The third kappa shape index (κ3) is 2.47. The summed E-state index contributed by atoms with van der Waals surface area (Å²) in [7, 11) is 1.49. The van der Waals surface area contributed by atoms with Crippen molar-refractivity contribution in [3.8, 4) is 0 Å². The zero-order chi connectivity index (χ0) is 11.5. The average Bonchev–Trinajstić information content (AvgIpc) is 2.28. The standard InChI is InChI=1S/C11H13NO3/c1-11(2,15-3)10(13)8-4-6-9(12-14)7-5-8/h4-7H,1-3H3. The lowest BCUT2D eigenvalue weighted by Gasteiger charge is -2.20. The minimum Gasteiger partial charge on any atom is -0.371 e. The molecule has 0 amide bonds. The topological polar surface area (TPSA) is 55.7 Å². The number of hydrogen-bond donors (Lipinski definition) is 0. The van der Waals surface area contributed by atoms with Crippen molar-refractivity contribution in [2.75, 3.05) is 7.11 Å². The van der Waals surface area contributed by atoms with Crippen LogP contribution in [0.1, 0.15) is 24.2 Å². The fourth-order valence-electron chi connectivity index (χ4n) is 1.11. The van der Waals surface area contributed by atoms with Crippen molar-refractivity contribution in [1.82, 2.24) is 0 Å². The van der Waals surface area contributed by atoms with Crippen LogP contribution in [0, 0.1) is 4.91 Å². The van der Waals surface area contributed by atoms with Crippen LogP contribution in [0.5, 0.6) is 0 Å². The van der Waals surface area contributed by atoms with Gasteiger partial charge in [-0.15, -0.1) is 4.91 Å². The molecule has 0 unspecified atom stereocenters. The number of benzene rings is 1. The Kier molecular flexibility index (Phi) is 3.31. The van der Waals surface area contributed by atoms with Crippen molar-refractivity contribution in [3.05, 3.63) is 34.7 Å². The summed E-state index contributed by atoms with van der Waals surface area (Å²) >= 11 is 0. The summed E-state index contributed by atoms with van der Waals surface area (Å²) in [6.07, 6.45) is 0. The molecule has 0 fully saturated rings. The molecule has 4 heteroatoms. The second-order valence-electron chi connectivity index (χ2n) is 3.68. The molecule has 80 valence electrons. The second kappa shape index (κ2) is 4.31. The number of nitrogens with zero attached hydrogens (tertiary/aromatic N) is 1. The van der Waals surface area contributed by atoms with Crippen molar-refractivity contribution in [1.29, 1.82) is 0 Å². The Morgan fingerprint density at radius 2 is 1.80 bits per heavy atom. The molecule has 1 rings (SSSR count). The Labute approximate surface area is 88.2 Å². The molecule has 0 radical (unpaired) electrons. The second-order valence-corrected chi connectivity index (χ2v) is 3.68. The number of nitroso groups, excluding NO2 is 1. The largest absolute Gasteiger partial charge is 0.371 e. The Morgan fingerprint density at radius 1 is 1.27 bits per heavy atom. The van der Waals surface area contributed by atoms with Crippen LogP contribution in [0.25, 0.3) is 0 Å². The zero-order valence-corrected chi connectivity index (χ0v) is 8.98. The molecule has 0 saturated carbocycles. The number of ether oxygens (including phenoxy) is 1. The van der Waals surface area contributed by atoms with Gasteiger partial charge in [0.25, 0.3) is 0 Å². The maximum absolute atomic E-state index is 11.9. The number of ketones is 1. The first-order chi connectivity index (χ1) is 7.01. The van der Waals surface area contributed by atoms with Crippen LogP contribution in [0.3, 0.4) is 0 Å². The van der Waals surface area contributed by atoms with Gasteiger partial charge in [-0.3, -0.25) is 4.79 Å². The summed E-state index contributed by atoms with van der Waals surface area (Å²) in [6, 6.07) is 6.15. The van der Waals surface area contributed by atoms with E-state index in [2.05, 4.69) is 5.18 Å². The van der Waals surface area contributed by atoms with Crippen LogP contribution in [-0.4, -0.2) is 18.5 Å². The highest BCUT2D eigenvalue weighted by atomic mass is 16.5. The van der Waals surface area contributed by atoms with Crippen LogP contribution in [-0.2, 0) is 4.74 Å². The van der Waals surface area contributed by atoms with E-state index < -0.39 is 5.60 Å². The molecule has 0 heterocycles. The van der Waals surface area contributed by atoms with Gasteiger partial charge in [0.1, 0.15) is 11.3 Å². The Morgan fingerprint density at radius 3 is 2.20 bits per heavy atom. The van der Waals surface area contributed by atoms with Crippen LogP contribution < -0.4 is 0 Å². The zero-order valence-electron chi connectivity index (χ0n) is 8.98. The van der Waals surface area contributed by atoms with E-state index in [1.807, 2.05) is 0 Å².